The van der Waals surface area contributed by atoms with E-state index in [-0.39, 0.29) is 12.8 Å². The van der Waals surface area contributed by atoms with Gasteiger partial charge in [-0.1, -0.05) is 6.92 Å². The topological polar surface area (TPSA) is 82.6 Å². The zero-order valence-corrected chi connectivity index (χ0v) is 16.4. The molecule has 1 aromatic carbocycles. The molecule has 6 heteroatoms. The van der Waals surface area contributed by atoms with Crippen LogP contribution in [-0.4, -0.2) is 52.5 Å². The molecule has 0 radical (unpaired) electrons. The number of carboxylic acid groups (broad SMARTS) is 1. The van der Waals surface area contributed by atoms with Gasteiger partial charge in [0.25, 0.3) is 0 Å². The van der Waals surface area contributed by atoms with Gasteiger partial charge in [-0.15, -0.1) is 0 Å². The number of hydrogen-bond acceptors (Lipinski definition) is 4. The van der Waals surface area contributed by atoms with Gasteiger partial charge in [0, 0.05) is 42.5 Å². The fourth-order valence-electron chi connectivity index (χ4n) is 3.29. The Morgan fingerprint density at radius 1 is 1.37 bits per heavy atom. The molecule has 0 aliphatic rings. The summed E-state index contributed by atoms with van der Waals surface area (Å²) in [5.74, 6) is -0.222. The van der Waals surface area contributed by atoms with Crippen LogP contribution in [0, 0.1) is 0 Å². The van der Waals surface area contributed by atoms with Crippen LogP contribution < -0.4 is 4.74 Å². The molecule has 0 saturated carbocycles. The van der Waals surface area contributed by atoms with Crippen molar-refractivity contribution < 1.29 is 19.4 Å². The molecule has 0 aliphatic carbocycles. The van der Waals surface area contributed by atoms with E-state index in [1.807, 2.05) is 24.4 Å². The molecule has 0 spiro atoms. The van der Waals surface area contributed by atoms with Crippen molar-refractivity contribution in [2.45, 2.75) is 58.6 Å². The van der Waals surface area contributed by atoms with E-state index in [0.717, 1.165) is 36.7 Å². The molecular weight excluding hydrogens is 344 g/mol. The number of aliphatic carboxylic acids is 1. The van der Waals surface area contributed by atoms with Gasteiger partial charge in [-0.3, -0.25) is 4.79 Å². The van der Waals surface area contributed by atoms with Gasteiger partial charge in [-0.25, -0.2) is 0 Å². The number of carbonyl (C=O) groups is 2. The highest BCUT2D eigenvalue weighted by atomic mass is 16.5. The number of carboxylic acids is 1. The van der Waals surface area contributed by atoms with Crippen molar-refractivity contribution in [2.24, 2.45) is 0 Å². The summed E-state index contributed by atoms with van der Waals surface area (Å²) in [7, 11) is 0. The predicted octanol–water partition coefficient (Wildman–Crippen LogP) is 3.64. The minimum absolute atomic E-state index is 0.0157. The van der Waals surface area contributed by atoms with Crippen LogP contribution in [0.2, 0.25) is 0 Å². The number of ether oxygens (including phenoxy) is 1. The fraction of sp³-hybridized carbons (Fsp3) is 0.524. The van der Waals surface area contributed by atoms with Crippen LogP contribution >= 0.6 is 0 Å². The van der Waals surface area contributed by atoms with Crippen molar-refractivity contribution >= 4 is 23.2 Å². The Morgan fingerprint density at radius 3 is 2.78 bits per heavy atom. The maximum absolute atomic E-state index is 10.9. The van der Waals surface area contributed by atoms with Crippen LogP contribution in [0.5, 0.6) is 5.75 Å². The lowest BCUT2D eigenvalue weighted by atomic mass is 10.1. The molecule has 1 heterocycles. The normalized spacial score (nSPS) is 12.6. The van der Waals surface area contributed by atoms with Crippen molar-refractivity contribution in [3.05, 3.63) is 30.0 Å². The van der Waals surface area contributed by atoms with E-state index in [2.05, 4.69) is 30.7 Å². The first-order chi connectivity index (χ1) is 12.9. The quantitative estimate of drug-likeness (QED) is 0.554. The van der Waals surface area contributed by atoms with E-state index in [1.54, 1.807) is 0 Å². The molecule has 0 bridgehead atoms. The Morgan fingerprint density at radius 2 is 2.15 bits per heavy atom. The third-order valence-corrected chi connectivity index (χ3v) is 4.89. The second-order valence-corrected chi connectivity index (χ2v) is 7.07. The predicted molar refractivity (Wildman–Crippen MR) is 106 cm³/mol. The second-order valence-electron chi connectivity index (χ2n) is 7.07. The lowest BCUT2D eigenvalue weighted by molar-refractivity contribution is -0.137. The number of hydrogen-bond donors (Lipinski definition) is 2. The summed E-state index contributed by atoms with van der Waals surface area (Å²) < 4.78 is 5.90. The van der Waals surface area contributed by atoms with Crippen molar-refractivity contribution in [3.63, 3.8) is 0 Å². The number of nitrogens with one attached hydrogen (secondary N) is 1. The molecule has 1 aromatic heterocycles. The Kier molecular flexibility index (Phi) is 7.85. The molecule has 0 aliphatic heterocycles. The molecule has 0 amide bonds. The summed E-state index contributed by atoms with van der Waals surface area (Å²) in [6.07, 6.45) is 3.81. The number of rotatable bonds is 12. The van der Waals surface area contributed by atoms with Gasteiger partial charge in [-0.2, -0.15) is 0 Å². The van der Waals surface area contributed by atoms with Crippen LogP contribution in [0.3, 0.4) is 0 Å². The van der Waals surface area contributed by atoms with Crippen molar-refractivity contribution in [2.75, 3.05) is 13.1 Å². The SMILES string of the molecule is CCN(CCc1c[nH]c2ccc(OC(CC=O)CCC(=O)O)cc12)C(C)C. The second kappa shape index (κ2) is 10.1. The van der Waals surface area contributed by atoms with Crippen LogP contribution in [0.15, 0.2) is 24.4 Å². The number of H-pyrrole nitrogens is 1. The summed E-state index contributed by atoms with van der Waals surface area (Å²) >= 11 is 0. The van der Waals surface area contributed by atoms with Crippen LogP contribution in [0.4, 0.5) is 0 Å². The van der Waals surface area contributed by atoms with E-state index in [9.17, 15) is 9.59 Å². The number of benzene rings is 1. The molecule has 6 nitrogen and oxygen atoms in total. The van der Waals surface area contributed by atoms with Crippen LogP contribution in [-0.2, 0) is 16.0 Å². The highest BCUT2D eigenvalue weighted by Crippen LogP contribution is 2.26. The number of carbonyl (C=O) groups excluding carboxylic acids is 1. The summed E-state index contributed by atoms with van der Waals surface area (Å²) in [6.45, 7) is 8.58. The van der Waals surface area contributed by atoms with Gasteiger partial charge in [0.2, 0.25) is 0 Å². The van der Waals surface area contributed by atoms with E-state index in [1.165, 1.54) is 5.56 Å². The Bertz CT molecular complexity index is 754. The average molecular weight is 374 g/mol. The van der Waals surface area contributed by atoms with Crippen LogP contribution in [0.25, 0.3) is 10.9 Å². The largest absolute Gasteiger partial charge is 0.490 e. The van der Waals surface area contributed by atoms with Gasteiger partial charge in [0.05, 0.1) is 0 Å². The zero-order chi connectivity index (χ0) is 19.8. The third kappa shape index (κ3) is 6.10. The van der Waals surface area contributed by atoms with E-state index in [4.69, 9.17) is 9.84 Å². The molecule has 1 unspecified atom stereocenters. The summed E-state index contributed by atoms with van der Waals surface area (Å²) in [4.78, 5) is 27.4. The van der Waals surface area contributed by atoms with Crippen LogP contribution in [0.1, 0.15) is 45.6 Å². The zero-order valence-electron chi connectivity index (χ0n) is 16.4. The van der Waals surface area contributed by atoms with Gasteiger partial charge in [-0.05, 0) is 57.0 Å². The first kappa shape index (κ1) is 21.0. The minimum atomic E-state index is -0.886. The molecule has 0 saturated heterocycles. The lowest BCUT2D eigenvalue weighted by Gasteiger charge is -2.24. The Labute approximate surface area is 160 Å². The molecular formula is C21H30N2O4. The van der Waals surface area contributed by atoms with E-state index >= 15 is 0 Å². The number of aromatic nitrogens is 1. The molecule has 2 rings (SSSR count). The standard InChI is InChI=1S/C21H30N2O4/c1-4-23(15(2)3)11-9-16-14-22-20-7-5-18(13-19(16)20)27-17(10-12-24)6-8-21(25)26/h5,7,12-15,17,22H,4,6,8-11H2,1-3H3,(H,25,26). The highest BCUT2D eigenvalue weighted by molar-refractivity contribution is 5.84. The summed E-state index contributed by atoms with van der Waals surface area (Å²) in [6, 6.07) is 6.31. The maximum Gasteiger partial charge on any atom is 0.303 e. The minimum Gasteiger partial charge on any atom is -0.490 e. The third-order valence-electron chi connectivity index (χ3n) is 4.89. The Balaban J connectivity index is 2.12. The molecule has 27 heavy (non-hydrogen) atoms. The Hall–Kier alpha value is -2.34. The smallest absolute Gasteiger partial charge is 0.303 e. The van der Waals surface area contributed by atoms with Gasteiger partial charge >= 0.3 is 5.97 Å². The van der Waals surface area contributed by atoms with Crippen molar-refractivity contribution in [1.29, 1.82) is 0 Å². The number of aldehydes is 1. The first-order valence-electron chi connectivity index (χ1n) is 9.60. The van der Waals surface area contributed by atoms with Crippen molar-refractivity contribution in [1.82, 2.24) is 9.88 Å². The fourth-order valence-corrected chi connectivity index (χ4v) is 3.29. The highest BCUT2D eigenvalue weighted by Gasteiger charge is 2.14. The lowest BCUT2D eigenvalue weighted by Crippen LogP contribution is -2.32. The van der Waals surface area contributed by atoms with Gasteiger partial charge in [0.1, 0.15) is 18.1 Å². The summed E-state index contributed by atoms with van der Waals surface area (Å²) in [5.41, 5.74) is 2.27. The molecule has 0 fully saturated rings. The number of nitrogens with zero attached hydrogens (tertiary/aromatic N) is 1. The maximum atomic E-state index is 10.9. The van der Waals surface area contributed by atoms with E-state index < -0.39 is 12.1 Å². The molecule has 1 atom stereocenters. The number of fused-ring (bicyclic) bond motifs is 1. The average Bonchev–Trinajstić information content (AvgIpc) is 3.02. The molecule has 148 valence electrons. The van der Waals surface area contributed by atoms with Gasteiger partial charge in [0.15, 0.2) is 0 Å². The van der Waals surface area contributed by atoms with E-state index in [0.29, 0.717) is 18.2 Å². The number of aromatic amines is 1. The van der Waals surface area contributed by atoms with Gasteiger partial charge < -0.3 is 24.5 Å². The number of likely N-dealkylation sites (N-methyl/N-ethyl adjacent to an activating group) is 1. The van der Waals surface area contributed by atoms with Crippen molar-refractivity contribution in [3.8, 4) is 5.75 Å². The monoisotopic (exact) mass is 374 g/mol. The molecule has 2 N–H and O–H groups in total. The molecule has 2 aromatic rings. The first-order valence-corrected chi connectivity index (χ1v) is 9.60. The summed E-state index contributed by atoms with van der Waals surface area (Å²) in [5, 5.41) is 9.96.